The molecule has 12 heteroatoms. The Morgan fingerprint density at radius 1 is 0.600 bits per heavy atom. The number of rotatable bonds is 2. The van der Waals surface area contributed by atoms with E-state index < -0.39 is 29.0 Å². The van der Waals surface area contributed by atoms with Crippen LogP contribution in [0, 0.1) is 7.14 Å². The fourth-order valence-electron chi connectivity index (χ4n) is 2.31. The number of hydrogen-bond acceptors (Lipinski definition) is 4. The molecule has 2 heterocycles. The van der Waals surface area contributed by atoms with Gasteiger partial charge in [0.2, 0.25) is 0 Å². The third-order valence-electron chi connectivity index (χ3n) is 3.39. The van der Waals surface area contributed by atoms with Crippen LogP contribution in [-0.4, -0.2) is 0 Å². The van der Waals surface area contributed by atoms with Gasteiger partial charge in [-0.05, 0) is 36.4 Å². The van der Waals surface area contributed by atoms with Crippen molar-refractivity contribution in [1.82, 2.24) is 0 Å². The molecule has 0 unspecified atom stereocenters. The summed E-state index contributed by atoms with van der Waals surface area (Å²) in [5.41, 5.74) is 0.504. The Hall–Kier alpha value is -2.40. The van der Waals surface area contributed by atoms with Gasteiger partial charge in [-0.1, -0.05) is 0 Å². The third-order valence-corrected chi connectivity index (χ3v) is 5.98. The van der Waals surface area contributed by atoms with Crippen molar-refractivity contribution >= 4 is 29.7 Å². The molecule has 0 bridgehead atoms. The van der Waals surface area contributed by atoms with E-state index in [9.17, 15) is 34.8 Å². The van der Waals surface area contributed by atoms with Crippen LogP contribution in [0.25, 0.3) is 21.9 Å². The zero-order valence-corrected chi connectivity index (χ0v) is 17.6. The average molecular weight is 562 g/mol. The van der Waals surface area contributed by atoms with Gasteiger partial charge in [-0.3, -0.25) is 0 Å². The molecule has 0 fully saturated rings. The van der Waals surface area contributed by atoms with Crippen molar-refractivity contribution in [3.8, 4) is 0 Å². The van der Waals surface area contributed by atoms with Crippen molar-refractivity contribution in [2.75, 3.05) is 0 Å². The first-order valence-electron chi connectivity index (χ1n) is 7.91. The smallest absolute Gasteiger partial charge is 0.358 e. The fraction of sp³-hybridized carbons (Fsp3) is 0. The number of fused-ring (bicyclic) bond motifs is 2. The van der Waals surface area contributed by atoms with Gasteiger partial charge in [0.15, 0.2) is 7.14 Å². The van der Waals surface area contributed by atoms with Crippen molar-refractivity contribution in [2.45, 2.75) is 0 Å². The molecule has 0 amide bonds. The Kier molecular flexibility index (Phi) is 5.26. The molecule has 0 N–H and O–H groups in total. The number of benzene rings is 2. The molecule has 4 rings (SSSR count). The summed E-state index contributed by atoms with van der Waals surface area (Å²) in [7, 11) is -10.7. The van der Waals surface area contributed by atoms with Gasteiger partial charge < -0.3 is 8.83 Å². The summed E-state index contributed by atoms with van der Waals surface area (Å²) in [6, 6.07) is 18.2. The molecule has 0 saturated carbocycles. The first-order chi connectivity index (χ1) is 13.6. The van der Waals surface area contributed by atoms with Gasteiger partial charge in [0, 0.05) is 35.0 Å². The largest absolute Gasteiger partial charge is 0.423 e. The van der Waals surface area contributed by atoms with Gasteiger partial charge in [0.05, 0.1) is 0 Å². The number of hydrogen-bond donors (Lipinski definition) is 0. The van der Waals surface area contributed by atoms with Crippen LogP contribution in [0.15, 0.2) is 79.1 Å². The van der Waals surface area contributed by atoms with Crippen molar-refractivity contribution in [2.24, 2.45) is 0 Å². The Morgan fingerprint density at radius 3 is 1.30 bits per heavy atom. The van der Waals surface area contributed by atoms with E-state index in [0.717, 1.165) is 17.9 Å². The summed E-state index contributed by atoms with van der Waals surface area (Å²) in [6.07, 6.45) is 0. The molecule has 0 spiro atoms. The quantitative estimate of drug-likeness (QED) is 0.163. The first kappa shape index (κ1) is 22.3. The van der Waals surface area contributed by atoms with Gasteiger partial charge in [-0.2, -0.15) is 0 Å². The molecule has 0 aliphatic rings. The normalized spacial score (nSPS) is 13.9. The molecule has 0 radical (unpaired) electrons. The van der Waals surface area contributed by atoms with Crippen molar-refractivity contribution in [1.29, 1.82) is 0 Å². The minimum absolute atomic E-state index is 0.347. The van der Waals surface area contributed by atoms with Crippen molar-refractivity contribution < 1.29 is 55.2 Å². The van der Waals surface area contributed by atoms with Crippen molar-refractivity contribution in [3.05, 3.63) is 88.6 Å². The minimum atomic E-state index is -10.7. The number of halogens is 7. The molecule has 0 aliphatic heterocycles. The zero-order valence-electron chi connectivity index (χ0n) is 14.5. The standard InChI is InChI=1S/C18H10IO4.F6P/c20-17-7-3-11-1-5-13(9-15(11)22-17)19-14-6-2-12-4-8-18(21)23-16(12)10-14;1-7(2,3,4,5)6/h1-10H;/q+1;-1. The second-order valence-corrected chi connectivity index (χ2v) is 10.9. The topological polar surface area (TPSA) is 60.4 Å². The van der Waals surface area contributed by atoms with Crippen LogP contribution in [0.3, 0.4) is 0 Å². The molecule has 4 nitrogen and oxygen atoms in total. The summed E-state index contributed by atoms with van der Waals surface area (Å²) < 4.78 is 71.9. The SMILES string of the molecule is F[P-](F)(F)(F)(F)F.O=c1ccc2ccc([I+]c3ccc4ccc(=O)oc4c3)cc2o1. The maximum absolute atomic E-state index is 11.3. The van der Waals surface area contributed by atoms with Gasteiger partial charge in [0.1, 0.15) is 11.2 Å². The Labute approximate surface area is 173 Å². The predicted molar refractivity (Wildman–Crippen MR) is 95.9 cm³/mol. The second-order valence-electron chi connectivity index (χ2n) is 5.93. The Bertz CT molecular complexity index is 1260. The Morgan fingerprint density at radius 2 is 0.933 bits per heavy atom. The van der Waals surface area contributed by atoms with Crippen LogP contribution in [0.1, 0.15) is 0 Å². The molecule has 0 saturated heterocycles. The van der Waals surface area contributed by atoms with E-state index in [4.69, 9.17) is 8.83 Å². The van der Waals surface area contributed by atoms with Gasteiger partial charge in [0.25, 0.3) is 0 Å². The van der Waals surface area contributed by atoms with E-state index in [0.29, 0.717) is 11.2 Å². The Balaban J connectivity index is 0.000000318. The molecule has 160 valence electrons. The molecule has 0 atom stereocenters. The van der Waals surface area contributed by atoms with Crippen LogP contribution in [0.5, 0.6) is 0 Å². The summed E-state index contributed by atoms with van der Waals surface area (Å²) in [4.78, 5) is 22.7. The second kappa shape index (κ2) is 7.09. The summed E-state index contributed by atoms with van der Waals surface area (Å²) >= 11 is -0.465. The average Bonchev–Trinajstić information content (AvgIpc) is 2.58. The molecule has 4 aromatic rings. The van der Waals surface area contributed by atoms with Crippen LogP contribution in [0.4, 0.5) is 25.2 Å². The van der Waals surface area contributed by atoms with Gasteiger partial charge in [-0.25, -0.2) is 9.59 Å². The van der Waals surface area contributed by atoms with Crippen LogP contribution in [0.2, 0.25) is 0 Å². The summed E-state index contributed by atoms with van der Waals surface area (Å²) in [5.74, 6) is 0. The van der Waals surface area contributed by atoms with E-state index >= 15 is 0 Å². The zero-order chi connectivity index (χ0) is 22.2. The maximum atomic E-state index is 11.3. The molecule has 0 aliphatic carbocycles. The molecule has 30 heavy (non-hydrogen) atoms. The minimum Gasteiger partial charge on any atom is -0.423 e. The van der Waals surface area contributed by atoms with Crippen molar-refractivity contribution in [3.63, 3.8) is 0 Å². The van der Waals surface area contributed by atoms with E-state index in [1.54, 1.807) is 12.1 Å². The van der Waals surface area contributed by atoms with E-state index in [1.807, 2.05) is 36.4 Å². The van der Waals surface area contributed by atoms with Crippen LogP contribution in [-0.2, 0) is 0 Å². The summed E-state index contributed by atoms with van der Waals surface area (Å²) in [5, 5.41) is 1.81. The van der Waals surface area contributed by atoms with Crippen LogP contribution >= 0.6 is 7.81 Å². The molecule has 2 aromatic heterocycles. The summed E-state index contributed by atoms with van der Waals surface area (Å²) in [6.45, 7) is 0. The molecular formula is C18H10F6IO4P. The van der Waals surface area contributed by atoms with E-state index in [2.05, 4.69) is 0 Å². The van der Waals surface area contributed by atoms with E-state index in [-0.39, 0.29) is 11.3 Å². The van der Waals surface area contributed by atoms with Gasteiger partial charge in [-0.15, -0.1) is 0 Å². The molecular weight excluding hydrogens is 552 g/mol. The van der Waals surface area contributed by atoms with Gasteiger partial charge >= 0.3 is 65.4 Å². The van der Waals surface area contributed by atoms with Crippen LogP contribution < -0.4 is 32.5 Å². The fourth-order valence-corrected chi connectivity index (χ4v) is 4.63. The maximum Gasteiger partial charge on any atom is 0.358 e. The monoisotopic (exact) mass is 562 g/mol. The third kappa shape index (κ3) is 7.45. The predicted octanol–water partition coefficient (Wildman–Crippen LogP) is 3.41. The van der Waals surface area contributed by atoms with E-state index in [1.165, 1.54) is 12.1 Å². The first-order valence-corrected chi connectivity index (χ1v) is 12.1. The molecule has 2 aromatic carbocycles.